The summed E-state index contributed by atoms with van der Waals surface area (Å²) in [5.74, 6) is 1.38. The summed E-state index contributed by atoms with van der Waals surface area (Å²) in [5, 5.41) is 0. The average molecular weight is 385 g/mol. The van der Waals surface area contributed by atoms with Gasteiger partial charge in [0.2, 0.25) is 11.5 Å². The first-order valence-electron chi connectivity index (χ1n) is 10.5. The van der Waals surface area contributed by atoms with Crippen LogP contribution in [0.2, 0.25) is 0 Å². The Kier molecular flexibility index (Phi) is 3.19. The first kappa shape index (κ1) is 17.1. The van der Waals surface area contributed by atoms with E-state index in [-0.39, 0.29) is 29.4 Å². The molecule has 0 radical (unpaired) electrons. The molecule has 0 saturated carbocycles. The first-order chi connectivity index (χ1) is 13.5. The number of fused-ring (bicyclic) bond motifs is 1. The highest BCUT2D eigenvalue weighted by Crippen LogP contribution is 2.72. The summed E-state index contributed by atoms with van der Waals surface area (Å²) in [5.41, 5.74) is 0.467. The maximum atomic E-state index is 12.2. The Morgan fingerprint density at radius 1 is 1.39 bits per heavy atom. The Bertz CT molecular complexity index is 874. The zero-order valence-corrected chi connectivity index (χ0v) is 16.9. The van der Waals surface area contributed by atoms with Gasteiger partial charge in [-0.25, -0.2) is 4.79 Å². The van der Waals surface area contributed by atoms with E-state index in [1.807, 2.05) is 0 Å². The van der Waals surface area contributed by atoms with E-state index in [0.29, 0.717) is 29.1 Å². The monoisotopic (exact) mass is 385 g/mol. The van der Waals surface area contributed by atoms with E-state index in [9.17, 15) is 4.79 Å². The van der Waals surface area contributed by atoms with Crippen LogP contribution in [0.3, 0.4) is 0 Å². The van der Waals surface area contributed by atoms with Crippen LogP contribution < -0.4 is 0 Å². The summed E-state index contributed by atoms with van der Waals surface area (Å²) in [6, 6.07) is 0.445. The Morgan fingerprint density at radius 3 is 2.96 bits per heavy atom. The molecule has 5 fully saturated rings. The van der Waals surface area contributed by atoms with Gasteiger partial charge in [0, 0.05) is 18.5 Å². The largest absolute Gasteiger partial charge is 0.492 e. The fraction of sp³-hybridized carbons (Fsp3) is 0.682. The minimum absolute atomic E-state index is 0.0286. The second-order valence-corrected chi connectivity index (χ2v) is 9.02. The van der Waals surface area contributed by atoms with Gasteiger partial charge in [0.05, 0.1) is 36.2 Å². The van der Waals surface area contributed by atoms with E-state index in [2.05, 4.69) is 30.9 Å². The van der Waals surface area contributed by atoms with Crippen molar-refractivity contribution in [3.8, 4) is 0 Å². The lowest BCUT2D eigenvalue weighted by Gasteiger charge is -2.47. The number of carbonyl (C=O) groups is 1. The van der Waals surface area contributed by atoms with Gasteiger partial charge in [-0.3, -0.25) is 4.90 Å². The molecule has 28 heavy (non-hydrogen) atoms. The molecule has 6 rings (SSSR count). The van der Waals surface area contributed by atoms with Crippen molar-refractivity contribution < 1.29 is 23.7 Å². The van der Waals surface area contributed by atoms with E-state index >= 15 is 0 Å². The molecule has 8 atom stereocenters. The standard InChI is InChI=1S/C22H27NO5/c1-5-6-8-21-14-7-9-23(21)13-10-15(21)27-22(14)16(13)11(2)18(28-22)19-17(25-4)12(3)20(24)26-19/h6,8,11,13-16H,5,7,9-10H2,1-4H3/b8-6+,19-18+/t11-,13?,14?,15?,16?,21?,22-/m1/s1. The third kappa shape index (κ3) is 1.60. The molecule has 0 aromatic rings. The maximum Gasteiger partial charge on any atom is 0.343 e. The maximum absolute atomic E-state index is 12.2. The molecule has 6 heterocycles. The van der Waals surface area contributed by atoms with Gasteiger partial charge >= 0.3 is 5.97 Å². The van der Waals surface area contributed by atoms with Crippen LogP contribution in [0.15, 0.2) is 35.0 Å². The fourth-order valence-electron chi connectivity index (χ4n) is 7.22. The molecule has 5 bridgehead atoms. The lowest BCUT2D eigenvalue weighted by molar-refractivity contribution is -0.255. The zero-order chi connectivity index (χ0) is 19.4. The summed E-state index contributed by atoms with van der Waals surface area (Å²) in [6.45, 7) is 7.21. The number of cyclic esters (lactones) is 1. The Balaban J connectivity index is 1.49. The van der Waals surface area contributed by atoms with Crippen LogP contribution in [-0.2, 0) is 23.7 Å². The van der Waals surface area contributed by atoms with E-state index in [0.717, 1.165) is 31.6 Å². The number of hydrogen-bond donors (Lipinski definition) is 0. The number of allylic oxidation sites excluding steroid dienone is 2. The molecule has 0 N–H and O–H groups in total. The van der Waals surface area contributed by atoms with Gasteiger partial charge in [-0.05, 0) is 26.2 Å². The molecule has 0 amide bonds. The van der Waals surface area contributed by atoms with Gasteiger partial charge in [-0.15, -0.1) is 0 Å². The normalized spacial score (nSPS) is 52.8. The quantitative estimate of drug-likeness (QED) is 0.550. The fourth-order valence-corrected chi connectivity index (χ4v) is 7.22. The summed E-state index contributed by atoms with van der Waals surface area (Å²) < 4.78 is 24.5. The van der Waals surface area contributed by atoms with Gasteiger partial charge < -0.3 is 18.9 Å². The van der Waals surface area contributed by atoms with Crippen molar-refractivity contribution in [2.75, 3.05) is 13.7 Å². The predicted octanol–water partition coefficient (Wildman–Crippen LogP) is 2.87. The van der Waals surface area contributed by atoms with Crippen molar-refractivity contribution in [1.29, 1.82) is 0 Å². The number of hydrogen-bond acceptors (Lipinski definition) is 6. The van der Waals surface area contributed by atoms with Crippen molar-refractivity contribution in [1.82, 2.24) is 4.90 Å². The molecular formula is C22H27NO5. The van der Waals surface area contributed by atoms with E-state index in [1.165, 1.54) is 0 Å². The molecule has 6 unspecified atom stereocenters. The summed E-state index contributed by atoms with van der Waals surface area (Å²) in [4.78, 5) is 14.9. The van der Waals surface area contributed by atoms with E-state index < -0.39 is 5.79 Å². The lowest BCUT2D eigenvalue weighted by Crippen LogP contribution is -2.60. The summed E-state index contributed by atoms with van der Waals surface area (Å²) in [6.07, 6.45) is 8.04. The minimum atomic E-state index is -0.609. The number of carbonyl (C=O) groups excluding carboxylic acids is 1. The average Bonchev–Trinajstić information content (AvgIpc) is 3.38. The second kappa shape index (κ2) is 5.22. The van der Waals surface area contributed by atoms with Gasteiger partial charge in [-0.2, -0.15) is 0 Å². The molecule has 1 spiro atoms. The van der Waals surface area contributed by atoms with Crippen molar-refractivity contribution >= 4 is 5.97 Å². The Hall–Kier alpha value is -1.79. The van der Waals surface area contributed by atoms with Crippen molar-refractivity contribution in [2.45, 2.75) is 63.5 Å². The highest BCUT2D eigenvalue weighted by Gasteiger charge is 2.83. The number of methoxy groups -OCH3 is 1. The first-order valence-corrected chi connectivity index (χ1v) is 10.5. The highest BCUT2D eigenvalue weighted by molar-refractivity contribution is 5.93. The van der Waals surface area contributed by atoms with Crippen LogP contribution in [0, 0.1) is 17.8 Å². The second-order valence-electron chi connectivity index (χ2n) is 9.02. The molecular weight excluding hydrogens is 358 g/mol. The third-order valence-corrected chi connectivity index (χ3v) is 8.10. The van der Waals surface area contributed by atoms with Crippen LogP contribution in [0.5, 0.6) is 0 Å². The summed E-state index contributed by atoms with van der Waals surface area (Å²) in [7, 11) is 1.57. The highest BCUT2D eigenvalue weighted by atomic mass is 16.7. The van der Waals surface area contributed by atoms with Crippen LogP contribution in [0.25, 0.3) is 0 Å². The third-order valence-electron chi connectivity index (χ3n) is 8.10. The molecule has 0 aromatic carbocycles. The number of nitrogens with zero attached hydrogens (tertiary/aromatic N) is 1. The van der Waals surface area contributed by atoms with Gasteiger partial charge in [0.25, 0.3) is 0 Å². The molecule has 150 valence electrons. The lowest BCUT2D eigenvalue weighted by atomic mass is 9.71. The molecule has 6 aliphatic rings. The smallest absolute Gasteiger partial charge is 0.343 e. The van der Waals surface area contributed by atoms with Crippen LogP contribution in [0.1, 0.15) is 40.0 Å². The van der Waals surface area contributed by atoms with Crippen molar-refractivity contribution in [3.05, 3.63) is 35.0 Å². The molecule has 6 nitrogen and oxygen atoms in total. The van der Waals surface area contributed by atoms with Crippen molar-refractivity contribution in [2.24, 2.45) is 17.8 Å². The van der Waals surface area contributed by atoms with Gasteiger partial charge in [-0.1, -0.05) is 26.0 Å². The molecule has 0 aliphatic carbocycles. The van der Waals surface area contributed by atoms with Gasteiger partial charge in [0.15, 0.2) is 5.76 Å². The number of esters is 1. The topological polar surface area (TPSA) is 57.2 Å². The Labute approximate surface area is 165 Å². The molecule has 6 aliphatic heterocycles. The SMILES string of the molecule is CC/C=C/C12C3CC4C5[C@@H](C)/C(=C6\OC(=O)C(C)=C6OC)O[C@]5(O3)C1CCN42. The minimum Gasteiger partial charge on any atom is -0.492 e. The molecule has 0 aromatic heterocycles. The van der Waals surface area contributed by atoms with Gasteiger partial charge in [0.1, 0.15) is 5.76 Å². The van der Waals surface area contributed by atoms with Crippen LogP contribution in [-0.4, -0.2) is 48.0 Å². The Morgan fingerprint density at radius 2 is 2.21 bits per heavy atom. The van der Waals surface area contributed by atoms with Crippen LogP contribution in [0.4, 0.5) is 0 Å². The number of rotatable bonds is 3. The van der Waals surface area contributed by atoms with E-state index in [1.54, 1.807) is 14.0 Å². The van der Waals surface area contributed by atoms with Crippen molar-refractivity contribution in [3.63, 3.8) is 0 Å². The van der Waals surface area contributed by atoms with Crippen LogP contribution >= 0.6 is 0 Å². The van der Waals surface area contributed by atoms with E-state index in [4.69, 9.17) is 18.9 Å². The summed E-state index contributed by atoms with van der Waals surface area (Å²) >= 11 is 0. The predicted molar refractivity (Wildman–Crippen MR) is 99.6 cm³/mol. The number of ether oxygens (including phenoxy) is 4. The number of piperidine rings is 1. The molecule has 5 saturated heterocycles. The molecule has 6 heteroatoms. The zero-order valence-electron chi connectivity index (χ0n) is 16.9.